The number of alkyl halides is 3. The molecule has 0 spiro atoms. The van der Waals surface area contributed by atoms with Crippen molar-refractivity contribution in [3.63, 3.8) is 0 Å². The molecule has 2 rings (SSSR count). The molecule has 6 nitrogen and oxygen atoms in total. The van der Waals surface area contributed by atoms with Crippen LogP contribution in [0, 0.1) is 0 Å². The lowest BCUT2D eigenvalue weighted by atomic mass is 10.2. The lowest BCUT2D eigenvalue weighted by molar-refractivity contribution is -0.137. The van der Waals surface area contributed by atoms with Crippen molar-refractivity contribution in [2.24, 2.45) is 0 Å². The molecular formula is C20H23F3N2O4S. The summed E-state index contributed by atoms with van der Waals surface area (Å²) in [4.78, 5) is 12.3. The van der Waals surface area contributed by atoms with E-state index in [2.05, 4.69) is 5.32 Å². The Balaban J connectivity index is 2.04. The molecule has 0 saturated heterocycles. The Kier molecular flexibility index (Phi) is 7.35. The van der Waals surface area contributed by atoms with E-state index in [4.69, 9.17) is 4.74 Å². The standard InChI is InChI=1S/C20H23F3N2O4S/c1-14(2)29-18-10-4-15(5-11-18)12-24-19(26)13-25(30(3,27)28)17-8-6-16(7-9-17)20(21,22)23/h4-11,14H,12-13H2,1-3H3,(H,24,26). The largest absolute Gasteiger partial charge is 0.491 e. The van der Waals surface area contributed by atoms with Crippen LogP contribution in [0.3, 0.4) is 0 Å². The molecule has 2 aromatic carbocycles. The van der Waals surface area contributed by atoms with Gasteiger partial charge in [0.1, 0.15) is 12.3 Å². The van der Waals surface area contributed by atoms with Crippen molar-refractivity contribution in [1.82, 2.24) is 5.32 Å². The molecule has 0 radical (unpaired) electrons. The molecule has 1 N–H and O–H groups in total. The van der Waals surface area contributed by atoms with Gasteiger partial charge in [-0.15, -0.1) is 0 Å². The fourth-order valence-corrected chi connectivity index (χ4v) is 3.42. The smallest absolute Gasteiger partial charge is 0.416 e. The summed E-state index contributed by atoms with van der Waals surface area (Å²) in [6.45, 7) is 3.40. The van der Waals surface area contributed by atoms with Crippen LogP contribution in [-0.4, -0.2) is 33.2 Å². The fourth-order valence-electron chi connectivity index (χ4n) is 2.56. The summed E-state index contributed by atoms with van der Waals surface area (Å²) in [5.74, 6) is 0.0912. The maximum Gasteiger partial charge on any atom is 0.416 e. The molecule has 1 amide bonds. The number of nitrogens with zero attached hydrogens (tertiary/aromatic N) is 1. The fraction of sp³-hybridized carbons (Fsp3) is 0.350. The van der Waals surface area contributed by atoms with Crippen molar-refractivity contribution < 1.29 is 31.1 Å². The minimum absolute atomic E-state index is 0.0303. The van der Waals surface area contributed by atoms with Crippen molar-refractivity contribution in [1.29, 1.82) is 0 Å². The summed E-state index contributed by atoms with van der Waals surface area (Å²) in [6.07, 6.45) is -3.63. The van der Waals surface area contributed by atoms with E-state index in [9.17, 15) is 26.4 Å². The van der Waals surface area contributed by atoms with Gasteiger partial charge in [0.15, 0.2) is 0 Å². The number of carbonyl (C=O) groups excluding carboxylic acids is 1. The maximum atomic E-state index is 12.7. The van der Waals surface area contributed by atoms with Crippen LogP contribution in [0.15, 0.2) is 48.5 Å². The van der Waals surface area contributed by atoms with E-state index in [0.29, 0.717) is 5.75 Å². The summed E-state index contributed by atoms with van der Waals surface area (Å²) in [6, 6.07) is 10.6. The second-order valence-corrected chi connectivity index (χ2v) is 8.81. The number of anilines is 1. The SMILES string of the molecule is CC(C)Oc1ccc(CNC(=O)CN(c2ccc(C(F)(F)F)cc2)S(C)(=O)=O)cc1. The number of ether oxygens (including phenoxy) is 1. The number of carbonyl (C=O) groups is 1. The summed E-state index contributed by atoms with van der Waals surface area (Å²) < 4.78 is 68.5. The van der Waals surface area contributed by atoms with Gasteiger partial charge >= 0.3 is 6.18 Å². The highest BCUT2D eigenvalue weighted by molar-refractivity contribution is 7.92. The Morgan fingerprint density at radius 3 is 2.10 bits per heavy atom. The molecule has 10 heteroatoms. The average Bonchev–Trinajstić information content (AvgIpc) is 2.63. The van der Waals surface area contributed by atoms with Crippen LogP contribution in [0.5, 0.6) is 5.75 Å². The molecule has 0 aromatic heterocycles. The number of sulfonamides is 1. The summed E-state index contributed by atoms with van der Waals surface area (Å²) in [7, 11) is -3.89. The number of hydrogen-bond donors (Lipinski definition) is 1. The molecule has 0 aliphatic rings. The molecule has 0 aliphatic carbocycles. The third-order valence-electron chi connectivity index (χ3n) is 3.95. The number of halogens is 3. The highest BCUT2D eigenvalue weighted by Gasteiger charge is 2.30. The zero-order valence-corrected chi connectivity index (χ0v) is 17.5. The summed E-state index contributed by atoms with van der Waals surface area (Å²) in [5.41, 5.74) is -0.162. The van der Waals surface area contributed by atoms with E-state index in [1.54, 1.807) is 24.3 Å². The van der Waals surface area contributed by atoms with Crippen LogP contribution in [0.25, 0.3) is 0 Å². The van der Waals surface area contributed by atoms with Crippen LogP contribution < -0.4 is 14.4 Å². The molecule has 0 aliphatic heterocycles. The van der Waals surface area contributed by atoms with Crippen LogP contribution in [0.1, 0.15) is 25.0 Å². The molecule has 0 fully saturated rings. The lowest BCUT2D eigenvalue weighted by Crippen LogP contribution is -2.40. The first-order chi connectivity index (χ1) is 13.9. The minimum Gasteiger partial charge on any atom is -0.491 e. The van der Waals surface area contributed by atoms with Crippen LogP contribution in [0.2, 0.25) is 0 Å². The molecule has 0 bridgehead atoms. The molecule has 0 unspecified atom stereocenters. The van der Waals surface area contributed by atoms with E-state index in [1.165, 1.54) is 0 Å². The summed E-state index contributed by atoms with van der Waals surface area (Å²) in [5, 5.41) is 2.60. The molecule has 0 saturated carbocycles. The first kappa shape index (κ1) is 23.5. The van der Waals surface area contributed by atoms with Gasteiger partial charge < -0.3 is 10.1 Å². The monoisotopic (exact) mass is 444 g/mol. The van der Waals surface area contributed by atoms with Gasteiger partial charge in [0, 0.05) is 6.54 Å². The lowest BCUT2D eigenvalue weighted by Gasteiger charge is -2.22. The predicted molar refractivity (Wildman–Crippen MR) is 108 cm³/mol. The number of hydrogen-bond acceptors (Lipinski definition) is 4. The van der Waals surface area contributed by atoms with Crippen LogP contribution >= 0.6 is 0 Å². The molecule has 2 aromatic rings. The quantitative estimate of drug-likeness (QED) is 0.676. The van der Waals surface area contributed by atoms with Crippen molar-refractivity contribution in [2.45, 2.75) is 32.7 Å². The second kappa shape index (κ2) is 9.38. The van der Waals surface area contributed by atoms with Gasteiger partial charge in [0.2, 0.25) is 15.9 Å². The zero-order chi connectivity index (χ0) is 22.5. The highest BCUT2D eigenvalue weighted by atomic mass is 32.2. The van der Waals surface area contributed by atoms with E-state index in [0.717, 1.165) is 40.4 Å². The van der Waals surface area contributed by atoms with E-state index in [-0.39, 0.29) is 18.3 Å². The van der Waals surface area contributed by atoms with Gasteiger partial charge in [-0.25, -0.2) is 8.42 Å². The normalized spacial score (nSPS) is 12.0. The highest BCUT2D eigenvalue weighted by Crippen LogP contribution is 2.30. The molecule has 164 valence electrons. The maximum absolute atomic E-state index is 12.7. The number of amides is 1. The van der Waals surface area contributed by atoms with Gasteiger partial charge in [-0.3, -0.25) is 9.10 Å². The topological polar surface area (TPSA) is 75.7 Å². The van der Waals surface area contributed by atoms with Crippen molar-refractivity contribution in [3.8, 4) is 5.75 Å². The van der Waals surface area contributed by atoms with Crippen LogP contribution in [-0.2, 0) is 27.5 Å². The molecule has 0 atom stereocenters. The average molecular weight is 444 g/mol. The van der Waals surface area contributed by atoms with Crippen molar-refractivity contribution >= 4 is 21.6 Å². The van der Waals surface area contributed by atoms with E-state index >= 15 is 0 Å². The molecular weight excluding hydrogens is 421 g/mol. The van der Waals surface area contributed by atoms with Gasteiger partial charge in [0.25, 0.3) is 0 Å². The first-order valence-electron chi connectivity index (χ1n) is 9.03. The first-order valence-corrected chi connectivity index (χ1v) is 10.9. The number of nitrogens with one attached hydrogen (secondary N) is 1. The minimum atomic E-state index is -4.54. The van der Waals surface area contributed by atoms with Crippen LogP contribution in [0.4, 0.5) is 18.9 Å². The Morgan fingerprint density at radius 2 is 1.63 bits per heavy atom. The zero-order valence-electron chi connectivity index (χ0n) is 16.7. The van der Waals surface area contributed by atoms with E-state index < -0.39 is 34.2 Å². The second-order valence-electron chi connectivity index (χ2n) is 6.90. The number of benzene rings is 2. The Hall–Kier alpha value is -2.75. The predicted octanol–water partition coefficient (Wildman–Crippen LogP) is 3.58. The van der Waals surface area contributed by atoms with E-state index in [1.807, 2.05) is 13.8 Å². The Morgan fingerprint density at radius 1 is 1.07 bits per heavy atom. The number of rotatable bonds is 8. The third-order valence-corrected chi connectivity index (χ3v) is 5.10. The van der Waals surface area contributed by atoms with Gasteiger partial charge in [-0.2, -0.15) is 13.2 Å². The third kappa shape index (κ3) is 6.94. The van der Waals surface area contributed by atoms with Crippen molar-refractivity contribution in [2.75, 3.05) is 17.1 Å². The van der Waals surface area contributed by atoms with Crippen molar-refractivity contribution in [3.05, 3.63) is 59.7 Å². The molecule has 30 heavy (non-hydrogen) atoms. The molecule has 0 heterocycles. The Labute approximate surface area is 173 Å². The van der Waals surface area contributed by atoms with Gasteiger partial charge in [-0.1, -0.05) is 12.1 Å². The Bertz CT molecular complexity index is 957. The van der Waals surface area contributed by atoms with Gasteiger partial charge in [-0.05, 0) is 55.8 Å². The summed E-state index contributed by atoms with van der Waals surface area (Å²) >= 11 is 0. The van der Waals surface area contributed by atoms with Gasteiger partial charge in [0.05, 0.1) is 23.6 Å².